The van der Waals surface area contributed by atoms with Crippen molar-refractivity contribution in [2.24, 2.45) is 0 Å². The van der Waals surface area contributed by atoms with E-state index < -0.39 is 17.8 Å². The molecule has 0 aliphatic heterocycles. The summed E-state index contributed by atoms with van der Waals surface area (Å²) in [5, 5.41) is 12.6. The molecule has 0 spiro atoms. The van der Waals surface area contributed by atoms with Crippen molar-refractivity contribution in [1.29, 1.82) is 0 Å². The van der Waals surface area contributed by atoms with E-state index in [1.165, 1.54) is 12.1 Å². The van der Waals surface area contributed by atoms with Gasteiger partial charge in [0, 0.05) is 12.2 Å². The van der Waals surface area contributed by atoms with Crippen molar-refractivity contribution in [3.8, 4) is 0 Å². The third-order valence-corrected chi connectivity index (χ3v) is 3.15. The molecule has 23 heavy (non-hydrogen) atoms. The molecule has 0 saturated heterocycles. The molecule has 0 aliphatic rings. The standard InChI is InChI=1S/C17H18F3NO2/c18-17(19,20)14-7-4-8-15(9-14)21-10-16(22)12-23-11-13-5-2-1-3-6-13/h1-9,16,21-22H,10-12H2/t16-/m0/s1. The normalized spacial score (nSPS) is 12.9. The maximum atomic E-state index is 12.6. The van der Waals surface area contributed by atoms with Crippen LogP contribution in [-0.4, -0.2) is 24.4 Å². The SMILES string of the molecule is O[C@@H](CNc1cccc(C(F)(F)F)c1)COCc1ccccc1. The van der Waals surface area contributed by atoms with E-state index in [0.29, 0.717) is 12.3 Å². The number of hydrogen-bond donors (Lipinski definition) is 2. The van der Waals surface area contributed by atoms with Crippen LogP contribution in [-0.2, 0) is 17.5 Å². The zero-order chi connectivity index (χ0) is 16.7. The van der Waals surface area contributed by atoms with Gasteiger partial charge in [-0.3, -0.25) is 0 Å². The van der Waals surface area contributed by atoms with E-state index in [-0.39, 0.29) is 13.2 Å². The largest absolute Gasteiger partial charge is 0.416 e. The molecule has 1 atom stereocenters. The first kappa shape index (κ1) is 17.3. The van der Waals surface area contributed by atoms with Crippen molar-refractivity contribution in [3.05, 3.63) is 65.7 Å². The number of benzene rings is 2. The molecule has 0 bridgehead atoms. The van der Waals surface area contributed by atoms with E-state index in [9.17, 15) is 18.3 Å². The highest BCUT2D eigenvalue weighted by molar-refractivity contribution is 5.46. The molecular weight excluding hydrogens is 307 g/mol. The smallest absolute Gasteiger partial charge is 0.389 e. The maximum absolute atomic E-state index is 12.6. The van der Waals surface area contributed by atoms with Gasteiger partial charge in [0.15, 0.2) is 0 Å². The number of hydrogen-bond acceptors (Lipinski definition) is 3. The summed E-state index contributed by atoms with van der Waals surface area (Å²) in [4.78, 5) is 0. The fraction of sp³-hybridized carbons (Fsp3) is 0.294. The van der Waals surface area contributed by atoms with Gasteiger partial charge in [-0.05, 0) is 23.8 Å². The summed E-state index contributed by atoms with van der Waals surface area (Å²) >= 11 is 0. The molecule has 0 amide bonds. The summed E-state index contributed by atoms with van der Waals surface area (Å²) in [5.41, 5.74) is 0.574. The van der Waals surface area contributed by atoms with Gasteiger partial charge in [0.25, 0.3) is 0 Å². The van der Waals surface area contributed by atoms with E-state index in [4.69, 9.17) is 4.74 Å². The number of halogens is 3. The highest BCUT2D eigenvalue weighted by Crippen LogP contribution is 2.30. The van der Waals surface area contributed by atoms with Gasteiger partial charge in [-0.1, -0.05) is 36.4 Å². The predicted octanol–water partition coefficient (Wildman–Crippen LogP) is 3.70. The highest BCUT2D eigenvalue weighted by Gasteiger charge is 2.30. The highest BCUT2D eigenvalue weighted by atomic mass is 19.4. The number of alkyl halides is 3. The van der Waals surface area contributed by atoms with Gasteiger partial charge in [-0.15, -0.1) is 0 Å². The minimum absolute atomic E-state index is 0.0981. The fourth-order valence-electron chi connectivity index (χ4n) is 1.99. The number of ether oxygens (including phenoxy) is 1. The molecule has 2 N–H and O–H groups in total. The number of aliphatic hydroxyl groups is 1. The van der Waals surface area contributed by atoms with Gasteiger partial charge in [0.1, 0.15) is 0 Å². The monoisotopic (exact) mass is 325 g/mol. The summed E-state index contributed by atoms with van der Waals surface area (Å²) in [6, 6.07) is 14.4. The van der Waals surface area contributed by atoms with Gasteiger partial charge in [-0.2, -0.15) is 13.2 Å². The quantitative estimate of drug-likeness (QED) is 0.816. The van der Waals surface area contributed by atoms with Gasteiger partial charge in [0.2, 0.25) is 0 Å². The lowest BCUT2D eigenvalue weighted by Gasteiger charge is -2.14. The van der Waals surface area contributed by atoms with Crippen LogP contribution in [0.4, 0.5) is 18.9 Å². The summed E-state index contributed by atoms with van der Waals surface area (Å²) < 4.78 is 43.2. The number of nitrogens with one attached hydrogen (secondary N) is 1. The molecule has 0 heterocycles. The molecule has 0 radical (unpaired) electrons. The van der Waals surface area contributed by atoms with Crippen LogP contribution < -0.4 is 5.32 Å². The molecule has 0 fully saturated rings. The fourth-order valence-corrected chi connectivity index (χ4v) is 1.99. The second-order valence-corrected chi connectivity index (χ2v) is 5.11. The summed E-state index contributed by atoms with van der Waals surface area (Å²) in [6.45, 7) is 0.582. The Morgan fingerprint density at radius 3 is 2.48 bits per heavy atom. The van der Waals surface area contributed by atoms with Crippen LogP contribution in [0.3, 0.4) is 0 Å². The molecule has 124 valence electrons. The second kappa shape index (κ2) is 7.99. The maximum Gasteiger partial charge on any atom is 0.416 e. The lowest BCUT2D eigenvalue weighted by atomic mass is 10.2. The van der Waals surface area contributed by atoms with Crippen molar-refractivity contribution in [1.82, 2.24) is 0 Å². The van der Waals surface area contributed by atoms with Gasteiger partial charge < -0.3 is 15.2 Å². The Kier molecular flexibility index (Phi) is 6.01. The van der Waals surface area contributed by atoms with Crippen LogP contribution in [0.25, 0.3) is 0 Å². The van der Waals surface area contributed by atoms with E-state index in [0.717, 1.165) is 17.7 Å². The average molecular weight is 325 g/mol. The molecule has 2 aromatic carbocycles. The Balaban J connectivity index is 1.75. The van der Waals surface area contributed by atoms with Crippen LogP contribution in [0.2, 0.25) is 0 Å². The van der Waals surface area contributed by atoms with Crippen LogP contribution in [0.1, 0.15) is 11.1 Å². The zero-order valence-corrected chi connectivity index (χ0v) is 12.4. The number of rotatable bonds is 7. The van der Waals surface area contributed by atoms with Crippen LogP contribution in [0.5, 0.6) is 0 Å². The Hall–Kier alpha value is -2.05. The first-order chi connectivity index (χ1) is 10.9. The Bertz CT molecular complexity index is 602. The van der Waals surface area contributed by atoms with Gasteiger partial charge in [-0.25, -0.2) is 0 Å². The third-order valence-electron chi connectivity index (χ3n) is 3.15. The van der Waals surface area contributed by atoms with Crippen molar-refractivity contribution in [2.45, 2.75) is 18.9 Å². The topological polar surface area (TPSA) is 41.5 Å². The molecule has 3 nitrogen and oxygen atoms in total. The first-order valence-corrected chi connectivity index (χ1v) is 7.16. The lowest BCUT2D eigenvalue weighted by Crippen LogP contribution is -2.24. The Morgan fingerprint density at radius 1 is 1.04 bits per heavy atom. The molecular formula is C17H18F3NO2. The second-order valence-electron chi connectivity index (χ2n) is 5.11. The minimum Gasteiger partial charge on any atom is -0.389 e. The molecule has 0 aromatic heterocycles. The van der Waals surface area contributed by atoms with Crippen LogP contribution in [0, 0.1) is 0 Å². The van der Waals surface area contributed by atoms with E-state index >= 15 is 0 Å². The average Bonchev–Trinajstić information content (AvgIpc) is 2.53. The molecule has 0 aliphatic carbocycles. The number of anilines is 1. The molecule has 0 unspecified atom stereocenters. The van der Waals surface area contributed by atoms with Crippen molar-refractivity contribution >= 4 is 5.69 Å². The summed E-state index contributed by atoms with van der Waals surface area (Å²) in [7, 11) is 0. The third kappa shape index (κ3) is 5.92. The summed E-state index contributed by atoms with van der Waals surface area (Å²) in [5.74, 6) is 0. The van der Waals surface area contributed by atoms with Crippen molar-refractivity contribution < 1.29 is 23.0 Å². The molecule has 2 rings (SSSR count). The predicted molar refractivity (Wildman–Crippen MR) is 82.0 cm³/mol. The van der Waals surface area contributed by atoms with E-state index in [2.05, 4.69) is 5.32 Å². The molecule has 0 saturated carbocycles. The van der Waals surface area contributed by atoms with E-state index in [1.54, 1.807) is 0 Å². The van der Waals surface area contributed by atoms with E-state index in [1.807, 2.05) is 30.3 Å². The lowest BCUT2D eigenvalue weighted by molar-refractivity contribution is -0.137. The van der Waals surface area contributed by atoms with Crippen molar-refractivity contribution in [3.63, 3.8) is 0 Å². The summed E-state index contributed by atoms with van der Waals surface area (Å²) in [6.07, 6.45) is -5.19. The Labute approximate surface area is 132 Å². The minimum atomic E-state index is -4.38. The Morgan fingerprint density at radius 2 is 1.78 bits per heavy atom. The van der Waals surface area contributed by atoms with Crippen molar-refractivity contribution in [2.75, 3.05) is 18.5 Å². The number of aliphatic hydroxyl groups excluding tert-OH is 1. The first-order valence-electron chi connectivity index (χ1n) is 7.16. The van der Waals surface area contributed by atoms with Gasteiger partial charge in [0.05, 0.1) is 24.9 Å². The van der Waals surface area contributed by atoms with Crippen LogP contribution in [0.15, 0.2) is 54.6 Å². The van der Waals surface area contributed by atoms with Gasteiger partial charge >= 0.3 is 6.18 Å². The molecule has 6 heteroatoms. The molecule has 2 aromatic rings. The van der Waals surface area contributed by atoms with Crippen LogP contribution >= 0.6 is 0 Å². The zero-order valence-electron chi connectivity index (χ0n) is 12.4.